The number of fused-ring (bicyclic) bond motifs is 1. The molecule has 1 atom stereocenters. The Labute approximate surface area is 141 Å². The number of nitrogens with one attached hydrogen (secondary N) is 1. The predicted molar refractivity (Wildman–Crippen MR) is 91.7 cm³/mol. The van der Waals surface area contributed by atoms with E-state index in [0.29, 0.717) is 29.7 Å². The van der Waals surface area contributed by atoms with E-state index in [-0.39, 0.29) is 17.8 Å². The number of benzene rings is 1. The molecule has 24 heavy (non-hydrogen) atoms. The second-order valence-corrected chi connectivity index (χ2v) is 6.57. The van der Waals surface area contributed by atoms with Gasteiger partial charge in [0.05, 0.1) is 6.10 Å². The van der Waals surface area contributed by atoms with E-state index in [1.165, 1.54) is 6.07 Å². The van der Waals surface area contributed by atoms with Crippen LogP contribution in [0.3, 0.4) is 0 Å². The van der Waals surface area contributed by atoms with E-state index in [4.69, 9.17) is 4.74 Å². The molecular formula is C18H24FN3O2. The Bertz CT molecular complexity index is 707. The molecule has 1 aromatic carbocycles. The zero-order valence-corrected chi connectivity index (χ0v) is 14.2. The molecule has 0 saturated carbocycles. The Balaban J connectivity index is 1.80. The van der Waals surface area contributed by atoms with Crippen LogP contribution in [-0.4, -0.2) is 67.1 Å². The summed E-state index contributed by atoms with van der Waals surface area (Å²) in [6, 6.07) is 6.42. The van der Waals surface area contributed by atoms with E-state index in [0.717, 1.165) is 26.0 Å². The lowest BCUT2D eigenvalue weighted by Gasteiger charge is -2.26. The molecule has 1 amide bonds. The van der Waals surface area contributed by atoms with Crippen molar-refractivity contribution in [1.82, 2.24) is 14.8 Å². The van der Waals surface area contributed by atoms with Crippen LogP contribution in [0.25, 0.3) is 10.9 Å². The summed E-state index contributed by atoms with van der Waals surface area (Å²) in [7, 11) is 3.96. The zero-order valence-electron chi connectivity index (χ0n) is 14.2. The van der Waals surface area contributed by atoms with Crippen molar-refractivity contribution < 1.29 is 13.9 Å². The van der Waals surface area contributed by atoms with Crippen LogP contribution in [-0.2, 0) is 4.74 Å². The van der Waals surface area contributed by atoms with Crippen molar-refractivity contribution in [2.75, 3.05) is 40.3 Å². The first-order chi connectivity index (χ1) is 11.5. The lowest BCUT2D eigenvalue weighted by atomic mass is 10.2. The third kappa shape index (κ3) is 3.76. The van der Waals surface area contributed by atoms with Gasteiger partial charge in [0.1, 0.15) is 11.5 Å². The van der Waals surface area contributed by atoms with Crippen molar-refractivity contribution in [2.45, 2.75) is 18.9 Å². The summed E-state index contributed by atoms with van der Waals surface area (Å²) in [6.45, 7) is 2.72. The number of H-pyrrole nitrogens is 1. The minimum atomic E-state index is -0.318. The first-order valence-electron chi connectivity index (χ1n) is 8.37. The highest BCUT2D eigenvalue weighted by atomic mass is 19.1. The van der Waals surface area contributed by atoms with Crippen molar-refractivity contribution in [2.24, 2.45) is 0 Å². The number of carbonyl (C=O) groups is 1. The SMILES string of the molecule is CN(C)CCN(C[C@H]1CCCO1)C(=O)c1cc2c(F)cccc2[nH]1. The van der Waals surface area contributed by atoms with Crippen molar-refractivity contribution in [3.05, 3.63) is 35.8 Å². The van der Waals surface area contributed by atoms with Gasteiger partial charge in [-0.3, -0.25) is 4.79 Å². The molecule has 1 N–H and O–H groups in total. The monoisotopic (exact) mass is 333 g/mol. The number of likely N-dealkylation sites (N-methyl/N-ethyl adjacent to an activating group) is 1. The fourth-order valence-electron chi connectivity index (χ4n) is 3.03. The number of amides is 1. The van der Waals surface area contributed by atoms with Gasteiger partial charge < -0.3 is 19.5 Å². The molecular weight excluding hydrogens is 309 g/mol. The van der Waals surface area contributed by atoms with Crippen LogP contribution in [0.5, 0.6) is 0 Å². The zero-order chi connectivity index (χ0) is 17.1. The molecule has 1 fully saturated rings. The predicted octanol–water partition coefficient (Wildman–Crippen LogP) is 2.49. The van der Waals surface area contributed by atoms with Gasteiger partial charge in [-0.15, -0.1) is 0 Å². The van der Waals surface area contributed by atoms with Crippen LogP contribution < -0.4 is 0 Å². The molecule has 5 nitrogen and oxygen atoms in total. The molecule has 1 aromatic heterocycles. The number of rotatable bonds is 6. The largest absolute Gasteiger partial charge is 0.376 e. The summed E-state index contributed by atoms with van der Waals surface area (Å²) >= 11 is 0. The highest BCUT2D eigenvalue weighted by Crippen LogP contribution is 2.20. The van der Waals surface area contributed by atoms with Crippen molar-refractivity contribution in [3.63, 3.8) is 0 Å². The molecule has 2 aromatic rings. The van der Waals surface area contributed by atoms with E-state index in [9.17, 15) is 9.18 Å². The lowest BCUT2D eigenvalue weighted by molar-refractivity contribution is 0.0508. The summed E-state index contributed by atoms with van der Waals surface area (Å²) in [5.74, 6) is -0.426. The summed E-state index contributed by atoms with van der Waals surface area (Å²) < 4.78 is 19.6. The van der Waals surface area contributed by atoms with Gasteiger partial charge in [0.25, 0.3) is 5.91 Å². The Kier molecular flexibility index (Phi) is 5.16. The second kappa shape index (κ2) is 7.32. The Morgan fingerprint density at radius 2 is 2.21 bits per heavy atom. The Morgan fingerprint density at radius 3 is 2.88 bits per heavy atom. The molecule has 6 heteroatoms. The van der Waals surface area contributed by atoms with Crippen LogP contribution in [0.4, 0.5) is 4.39 Å². The Morgan fingerprint density at radius 1 is 1.38 bits per heavy atom. The van der Waals surface area contributed by atoms with Gasteiger partial charge in [-0.2, -0.15) is 0 Å². The molecule has 3 rings (SSSR count). The van der Waals surface area contributed by atoms with Crippen LogP contribution in [0.1, 0.15) is 23.3 Å². The van der Waals surface area contributed by atoms with Crippen LogP contribution in [0, 0.1) is 5.82 Å². The van der Waals surface area contributed by atoms with E-state index >= 15 is 0 Å². The standard InChI is InChI=1S/C18H24FN3O2/c1-21(2)8-9-22(12-13-5-4-10-24-13)18(23)17-11-14-15(19)6-3-7-16(14)20-17/h3,6-7,11,13,20H,4-5,8-10,12H2,1-2H3/t13-/m1/s1. The maximum atomic E-state index is 13.9. The van der Waals surface area contributed by atoms with Gasteiger partial charge >= 0.3 is 0 Å². The minimum Gasteiger partial charge on any atom is -0.376 e. The Hall–Kier alpha value is -1.92. The number of carbonyl (C=O) groups excluding carboxylic acids is 1. The van der Waals surface area contributed by atoms with Gasteiger partial charge in [0.15, 0.2) is 0 Å². The van der Waals surface area contributed by atoms with Crippen LogP contribution >= 0.6 is 0 Å². The molecule has 0 aliphatic carbocycles. The highest BCUT2D eigenvalue weighted by Gasteiger charge is 2.24. The molecule has 2 heterocycles. The summed E-state index contributed by atoms with van der Waals surface area (Å²) in [5.41, 5.74) is 1.06. The number of hydrogen-bond acceptors (Lipinski definition) is 3. The number of halogens is 1. The molecule has 1 aliphatic heterocycles. The summed E-state index contributed by atoms with van der Waals surface area (Å²) in [5, 5.41) is 0.450. The normalized spacial score (nSPS) is 17.8. The number of nitrogens with zero attached hydrogens (tertiary/aromatic N) is 2. The average molecular weight is 333 g/mol. The number of hydrogen-bond donors (Lipinski definition) is 1. The summed E-state index contributed by atoms with van der Waals surface area (Å²) in [6.07, 6.45) is 2.11. The molecule has 0 spiro atoms. The quantitative estimate of drug-likeness (QED) is 0.883. The third-order valence-electron chi connectivity index (χ3n) is 4.39. The number of aromatic nitrogens is 1. The van der Waals surface area contributed by atoms with Gasteiger partial charge in [-0.1, -0.05) is 6.07 Å². The molecule has 1 aliphatic rings. The molecule has 0 bridgehead atoms. The van der Waals surface area contributed by atoms with Crippen molar-refractivity contribution in [1.29, 1.82) is 0 Å². The van der Waals surface area contributed by atoms with Crippen molar-refractivity contribution in [3.8, 4) is 0 Å². The first kappa shape index (κ1) is 16.9. The maximum Gasteiger partial charge on any atom is 0.270 e. The van der Waals surface area contributed by atoms with E-state index in [1.807, 2.05) is 19.0 Å². The van der Waals surface area contributed by atoms with Crippen molar-refractivity contribution >= 4 is 16.8 Å². The summed E-state index contributed by atoms with van der Waals surface area (Å²) in [4.78, 5) is 19.8. The minimum absolute atomic E-state index is 0.0947. The van der Waals surface area contributed by atoms with E-state index in [2.05, 4.69) is 4.98 Å². The topological polar surface area (TPSA) is 48.6 Å². The molecule has 1 saturated heterocycles. The fourth-order valence-corrected chi connectivity index (χ4v) is 3.03. The number of ether oxygens (including phenoxy) is 1. The van der Waals surface area contributed by atoms with E-state index in [1.54, 1.807) is 23.1 Å². The number of aromatic amines is 1. The molecule has 0 radical (unpaired) electrons. The molecule has 0 unspecified atom stereocenters. The highest BCUT2D eigenvalue weighted by molar-refractivity contribution is 5.98. The first-order valence-corrected chi connectivity index (χ1v) is 8.37. The maximum absolute atomic E-state index is 13.9. The van der Waals surface area contributed by atoms with Crippen LogP contribution in [0.15, 0.2) is 24.3 Å². The average Bonchev–Trinajstić information content (AvgIpc) is 3.20. The third-order valence-corrected chi connectivity index (χ3v) is 4.39. The lowest BCUT2D eigenvalue weighted by Crippen LogP contribution is -2.41. The molecule has 130 valence electrons. The van der Waals surface area contributed by atoms with Gasteiger partial charge in [-0.05, 0) is 45.1 Å². The van der Waals surface area contributed by atoms with Gasteiger partial charge in [0, 0.05) is 37.1 Å². The van der Waals surface area contributed by atoms with E-state index < -0.39 is 0 Å². The fraction of sp³-hybridized carbons (Fsp3) is 0.500. The van der Waals surface area contributed by atoms with Crippen LogP contribution in [0.2, 0.25) is 0 Å². The van der Waals surface area contributed by atoms with Gasteiger partial charge in [0.2, 0.25) is 0 Å². The smallest absolute Gasteiger partial charge is 0.270 e. The second-order valence-electron chi connectivity index (χ2n) is 6.57. The van der Waals surface area contributed by atoms with Gasteiger partial charge in [-0.25, -0.2) is 4.39 Å².